The molecule has 1 fully saturated rings. The van der Waals surface area contributed by atoms with Gasteiger partial charge in [-0.25, -0.2) is 14.4 Å². The topological polar surface area (TPSA) is 63.1 Å². The zero-order valence-corrected chi connectivity index (χ0v) is 12.6. The zero-order chi connectivity index (χ0) is 15.7. The second-order valence-electron chi connectivity index (χ2n) is 5.80. The average molecular weight is 308 g/mol. The summed E-state index contributed by atoms with van der Waals surface area (Å²) in [5.41, 5.74) is 0.515. The van der Waals surface area contributed by atoms with Crippen molar-refractivity contribution in [3.8, 4) is 5.88 Å². The van der Waals surface area contributed by atoms with Gasteiger partial charge in [-0.3, -0.25) is 5.01 Å². The second-order valence-corrected chi connectivity index (χ2v) is 5.80. The van der Waals surface area contributed by atoms with Gasteiger partial charge in [-0.15, -0.1) is 5.12 Å². The van der Waals surface area contributed by atoms with Crippen LogP contribution < -0.4 is 0 Å². The minimum Gasteiger partial charge on any atom is -0.493 e. The summed E-state index contributed by atoms with van der Waals surface area (Å²) in [5.74, 6) is -0.562. The van der Waals surface area contributed by atoms with Crippen LogP contribution in [0.1, 0.15) is 31.4 Å². The second kappa shape index (κ2) is 6.20. The molecule has 22 heavy (non-hydrogen) atoms. The number of aromatic hydroxyl groups is 1. The highest BCUT2D eigenvalue weighted by Crippen LogP contribution is 2.38. The van der Waals surface area contributed by atoms with Crippen LogP contribution in [0.15, 0.2) is 24.5 Å². The van der Waals surface area contributed by atoms with Gasteiger partial charge in [0.25, 0.3) is 0 Å². The lowest BCUT2D eigenvalue weighted by Gasteiger charge is -2.40. The fourth-order valence-electron chi connectivity index (χ4n) is 3.16. The number of aliphatic hydroxyl groups excluding tert-OH is 1. The molecule has 0 unspecified atom stereocenters. The maximum Gasteiger partial charge on any atom is 0.215 e. The predicted octanol–water partition coefficient (Wildman–Crippen LogP) is 1.41. The Morgan fingerprint density at radius 2 is 2.32 bits per heavy atom. The van der Waals surface area contributed by atoms with Gasteiger partial charge in [0.2, 0.25) is 5.88 Å². The summed E-state index contributed by atoms with van der Waals surface area (Å²) in [4.78, 5) is 3.72. The van der Waals surface area contributed by atoms with Crippen molar-refractivity contribution >= 4 is 0 Å². The minimum absolute atomic E-state index is 0.111. The van der Waals surface area contributed by atoms with E-state index in [0.717, 1.165) is 25.6 Å². The van der Waals surface area contributed by atoms with Gasteiger partial charge < -0.3 is 10.2 Å². The Labute approximate surface area is 129 Å². The van der Waals surface area contributed by atoms with E-state index in [-0.39, 0.29) is 11.9 Å². The van der Waals surface area contributed by atoms with Gasteiger partial charge in [0.05, 0.1) is 31.4 Å². The van der Waals surface area contributed by atoms with Crippen LogP contribution in [0.25, 0.3) is 0 Å². The quantitative estimate of drug-likeness (QED) is 0.877. The summed E-state index contributed by atoms with van der Waals surface area (Å²) < 4.78 is 13.5. The molecule has 1 aromatic heterocycles. The SMILES string of the molecule is C[C@@H](O)CN1C=CCN1N1CCC[C@@H]1c1cc(F)cnc1O. The Hall–Kier alpha value is -1.70. The molecule has 0 amide bonds. The number of hydrogen-bond donors (Lipinski definition) is 2. The van der Waals surface area contributed by atoms with Gasteiger partial charge in [-0.2, -0.15) is 0 Å². The molecule has 2 aliphatic heterocycles. The van der Waals surface area contributed by atoms with Gasteiger partial charge in [0.15, 0.2) is 0 Å². The fourth-order valence-corrected chi connectivity index (χ4v) is 3.16. The summed E-state index contributed by atoms with van der Waals surface area (Å²) in [6.45, 7) is 3.76. The number of aliphatic hydroxyl groups is 1. The molecule has 0 radical (unpaired) electrons. The lowest BCUT2D eigenvalue weighted by Crippen LogP contribution is -2.50. The van der Waals surface area contributed by atoms with Crippen LogP contribution >= 0.6 is 0 Å². The van der Waals surface area contributed by atoms with E-state index in [1.54, 1.807) is 6.92 Å². The lowest BCUT2D eigenvalue weighted by molar-refractivity contribution is -0.159. The van der Waals surface area contributed by atoms with Crippen molar-refractivity contribution < 1.29 is 14.6 Å². The summed E-state index contributed by atoms with van der Waals surface area (Å²) in [7, 11) is 0. The number of pyridine rings is 1. The molecule has 1 saturated heterocycles. The van der Waals surface area contributed by atoms with E-state index in [1.807, 2.05) is 22.4 Å². The molecule has 6 nitrogen and oxygen atoms in total. The highest BCUT2D eigenvalue weighted by Gasteiger charge is 2.35. The van der Waals surface area contributed by atoms with Crippen molar-refractivity contribution in [2.45, 2.75) is 31.9 Å². The van der Waals surface area contributed by atoms with Crippen LogP contribution in [0.5, 0.6) is 5.88 Å². The van der Waals surface area contributed by atoms with Crippen molar-refractivity contribution in [3.05, 3.63) is 35.9 Å². The predicted molar refractivity (Wildman–Crippen MR) is 78.8 cm³/mol. The molecular weight excluding hydrogens is 287 g/mol. The number of rotatable bonds is 4. The van der Waals surface area contributed by atoms with Crippen molar-refractivity contribution in [2.24, 2.45) is 0 Å². The molecule has 0 bridgehead atoms. The number of hydrazine groups is 2. The van der Waals surface area contributed by atoms with Gasteiger partial charge in [-0.1, -0.05) is 0 Å². The average Bonchev–Trinajstić information content (AvgIpc) is 3.09. The molecule has 0 aromatic carbocycles. The van der Waals surface area contributed by atoms with E-state index >= 15 is 0 Å². The third kappa shape index (κ3) is 2.92. The van der Waals surface area contributed by atoms with Crippen LogP contribution in [-0.4, -0.2) is 56.1 Å². The molecular formula is C15H21FN4O2. The maximum atomic E-state index is 13.5. The molecule has 1 aromatic rings. The standard InChI is InChI=1S/C15H21FN4O2/c1-11(21)10-18-5-3-7-20(18)19-6-2-4-14(19)13-8-12(16)9-17-15(13)22/h3,5,8-9,11,14,21H,2,4,6-7,10H2,1H3,(H,17,22)/t11-,14-/m1/s1. The molecule has 2 atom stereocenters. The Morgan fingerprint density at radius 1 is 1.50 bits per heavy atom. The van der Waals surface area contributed by atoms with Crippen LogP contribution in [0, 0.1) is 5.82 Å². The lowest BCUT2D eigenvalue weighted by atomic mass is 10.1. The van der Waals surface area contributed by atoms with Crippen molar-refractivity contribution in [2.75, 3.05) is 19.6 Å². The molecule has 2 N–H and O–H groups in total. The largest absolute Gasteiger partial charge is 0.493 e. The van der Waals surface area contributed by atoms with Crippen LogP contribution in [0.3, 0.4) is 0 Å². The number of hydrogen-bond acceptors (Lipinski definition) is 6. The van der Waals surface area contributed by atoms with E-state index in [4.69, 9.17) is 0 Å². The first-order valence-corrected chi connectivity index (χ1v) is 7.56. The summed E-state index contributed by atoms with van der Waals surface area (Å²) in [5, 5.41) is 25.7. The van der Waals surface area contributed by atoms with Crippen LogP contribution in [0.4, 0.5) is 4.39 Å². The van der Waals surface area contributed by atoms with E-state index in [0.29, 0.717) is 18.7 Å². The molecule has 0 spiro atoms. The first-order valence-electron chi connectivity index (χ1n) is 7.56. The first-order chi connectivity index (χ1) is 10.6. The molecule has 7 heteroatoms. The fraction of sp³-hybridized carbons (Fsp3) is 0.533. The molecule has 2 aliphatic rings. The number of halogens is 1. The number of aromatic nitrogens is 1. The maximum absolute atomic E-state index is 13.5. The van der Waals surface area contributed by atoms with Crippen LogP contribution in [-0.2, 0) is 0 Å². The number of nitrogens with zero attached hydrogens (tertiary/aromatic N) is 4. The van der Waals surface area contributed by atoms with E-state index in [9.17, 15) is 14.6 Å². The van der Waals surface area contributed by atoms with Crippen molar-refractivity contribution in [1.29, 1.82) is 0 Å². The van der Waals surface area contributed by atoms with E-state index < -0.39 is 11.9 Å². The monoisotopic (exact) mass is 308 g/mol. The first kappa shape index (κ1) is 15.2. The van der Waals surface area contributed by atoms with E-state index in [2.05, 4.69) is 9.99 Å². The molecule has 0 saturated carbocycles. The van der Waals surface area contributed by atoms with E-state index in [1.165, 1.54) is 6.07 Å². The molecule has 120 valence electrons. The van der Waals surface area contributed by atoms with Gasteiger partial charge in [0, 0.05) is 18.3 Å². The summed E-state index contributed by atoms with van der Waals surface area (Å²) >= 11 is 0. The third-order valence-corrected chi connectivity index (χ3v) is 4.04. The van der Waals surface area contributed by atoms with Gasteiger partial charge in [-0.05, 0) is 31.9 Å². The smallest absolute Gasteiger partial charge is 0.215 e. The van der Waals surface area contributed by atoms with Gasteiger partial charge in [0.1, 0.15) is 5.82 Å². The highest BCUT2D eigenvalue weighted by molar-refractivity contribution is 5.29. The molecule has 3 heterocycles. The van der Waals surface area contributed by atoms with Crippen molar-refractivity contribution in [3.63, 3.8) is 0 Å². The van der Waals surface area contributed by atoms with Crippen molar-refractivity contribution in [1.82, 2.24) is 20.1 Å². The highest BCUT2D eigenvalue weighted by atomic mass is 19.1. The Bertz CT molecular complexity index is 566. The Morgan fingerprint density at radius 3 is 3.09 bits per heavy atom. The zero-order valence-electron chi connectivity index (χ0n) is 12.6. The Kier molecular flexibility index (Phi) is 4.28. The number of β-amino-alcohol motifs (C(OH)–C–C–N with tert-alkyl or cyclic N) is 1. The molecule has 0 aliphatic carbocycles. The summed E-state index contributed by atoms with van der Waals surface area (Å²) in [6.07, 6.45) is 6.32. The Balaban J connectivity index is 1.82. The third-order valence-electron chi connectivity index (χ3n) is 4.04. The molecule has 3 rings (SSSR count). The van der Waals surface area contributed by atoms with Gasteiger partial charge >= 0.3 is 0 Å². The summed E-state index contributed by atoms with van der Waals surface area (Å²) in [6, 6.07) is 1.24. The van der Waals surface area contributed by atoms with Crippen LogP contribution in [0.2, 0.25) is 0 Å². The normalized spacial score (nSPS) is 24.3. The minimum atomic E-state index is -0.449.